The number of amides is 8. The molecule has 20 nitrogen and oxygen atoms in total. The highest BCUT2D eigenvalue weighted by Crippen LogP contribution is 2.46. The third-order valence-electron chi connectivity index (χ3n) is 14.8. The van der Waals surface area contributed by atoms with Crippen molar-refractivity contribution in [3.63, 3.8) is 0 Å². The second-order valence-corrected chi connectivity index (χ2v) is 22.9. The summed E-state index contributed by atoms with van der Waals surface area (Å²) in [5, 5.41) is 17.8. The Kier molecular flexibility index (Phi) is 21.3. The molecule has 8 amide bonds. The first kappa shape index (κ1) is 63.6. The van der Waals surface area contributed by atoms with Crippen molar-refractivity contribution >= 4 is 93.3 Å². The van der Waals surface area contributed by atoms with Crippen LogP contribution in [0.25, 0.3) is 28.0 Å². The van der Waals surface area contributed by atoms with E-state index in [0.29, 0.717) is 34.9 Å². The van der Waals surface area contributed by atoms with Crippen LogP contribution in [0.3, 0.4) is 0 Å². The quantitative estimate of drug-likeness (QED) is 0.00980. The molecule has 6 aromatic carbocycles. The van der Waals surface area contributed by atoms with Crippen molar-refractivity contribution in [3.05, 3.63) is 161 Å². The number of alkyl carbamates (subject to hydrolysis) is 1. The lowest BCUT2D eigenvalue weighted by Crippen LogP contribution is -2.54. The van der Waals surface area contributed by atoms with Gasteiger partial charge in [0.05, 0.1) is 18.5 Å². The number of anilines is 3. The van der Waals surface area contributed by atoms with Crippen molar-refractivity contribution in [2.75, 3.05) is 48.2 Å². The first-order valence-electron chi connectivity index (χ1n) is 28.8. The van der Waals surface area contributed by atoms with Crippen LogP contribution in [0.5, 0.6) is 5.75 Å². The van der Waals surface area contributed by atoms with E-state index in [4.69, 9.17) is 36.3 Å². The third kappa shape index (κ3) is 16.7. The third-order valence-corrected chi connectivity index (χ3v) is 15.2. The predicted molar refractivity (Wildman–Crippen MR) is 333 cm³/mol. The van der Waals surface area contributed by atoms with Crippen molar-refractivity contribution in [2.45, 2.75) is 102 Å². The number of carbonyl (C=O) groups is 8. The lowest BCUT2D eigenvalue weighted by molar-refractivity contribution is -0.157. The molecule has 0 aromatic heterocycles. The number of ether oxygens (including phenoxy) is 4. The zero-order valence-corrected chi connectivity index (χ0v) is 50.2. The van der Waals surface area contributed by atoms with Gasteiger partial charge in [-0.15, -0.1) is 11.6 Å². The Balaban J connectivity index is 0.866. The van der Waals surface area contributed by atoms with Crippen LogP contribution in [0.15, 0.2) is 133 Å². The van der Waals surface area contributed by atoms with Gasteiger partial charge in [0.1, 0.15) is 42.7 Å². The van der Waals surface area contributed by atoms with E-state index in [1.165, 1.54) is 6.08 Å². The number of fused-ring (bicyclic) bond motifs is 6. The van der Waals surface area contributed by atoms with Gasteiger partial charge < -0.3 is 56.2 Å². The molecule has 0 bridgehead atoms. The molecule has 4 atom stereocenters. The molecule has 456 valence electrons. The summed E-state index contributed by atoms with van der Waals surface area (Å²) in [5.41, 5.74) is 12.2. The maximum Gasteiger partial charge on any atom is 0.411 e. The smallest absolute Gasteiger partial charge is 0.411 e. The van der Waals surface area contributed by atoms with Crippen molar-refractivity contribution in [2.24, 2.45) is 11.7 Å². The maximum absolute atomic E-state index is 14.0. The summed E-state index contributed by atoms with van der Waals surface area (Å²) in [7, 11) is 1.58. The van der Waals surface area contributed by atoms with Crippen molar-refractivity contribution < 1.29 is 57.3 Å². The Morgan fingerprint density at radius 1 is 0.736 bits per heavy atom. The monoisotopic (exact) mass is 1200 g/mol. The Morgan fingerprint density at radius 3 is 2.02 bits per heavy atom. The summed E-state index contributed by atoms with van der Waals surface area (Å²) >= 11 is 6.50. The Morgan fingerprint density at radius 2 is 1.39 bits per heavy atom. The minimum Gasteiger partial charge on any atom is -0.497 e. The number of carbonyl (C=O) groups excluding carboxylic acids is 8. The molecule has 87 heavy (non-hydrogen) atoms. The molecule has 0 saturated carbocycles. The van der Waals surface area contributed by atoms with E-state index >= 15 is 0 Å². The molecule has 0 radical (unpaired) electrons. The van der Waals surface area contributed by atoms with E-state index in [1.807, 2.05) is 97.1 Å². The number of nitrogens with two attached hydrogens (primary N) is 1. The predicted octanol–water partition coefficient (Wildman–Crippen LogP) is 10.0. The molecule has 2 aliphatic rings. The molecule has 0 spiro atoms. The van der Waals surface area contributed by atoms with Crippen LogP contribution in [0.1, 0.15) is 100.0 Å². The minimum atomic E-state index is -1.29. The number of esters is 1. The Labute approximate surface area is 510 Å². The molecule has 1 aliphatic carbocycles. The Hall–Kier alpha value is -9.43. The summed E-state index contributed by atoms with van der Waals surface area (Å²) in [6.07, 6.45) is 1.36. The SMILES string of the molecule is COc1ccc(/C=C/C(=O)N2CC(CCl)c3c2cc(NC(=O)OCc2ccc(NC(=O)[C@H](CCCNC(N)=O)NC(=O)[C@@H](NC(=O)CC[C@H](NC(=O)OCC4c5ccccc5-c5ccccc54)C(=O)OC(C)(C)C)C(C)C)cc2)c2ccccc32)cc1. The summed E-state index contributed by atoms with van der Waals surface area (Å²) < 4.78 is 22.2. The molecule has 1 unspecified atom stereocenters. The molecule has 6 aromatic rings. The molecule has 1 heterocycles. The standard InChI is InChI=1S/C66H73ClN8O12/c1-39(2)59(74-56(76)31-30-53(62(80)87-66(3,4)5)72-64(82)86-38-51-47-16-9-7-14-45(47)46-15-8-10-17-48(46)51)61(79)71-52(20-13-33-69-63(68)81)60(78)70-43-26-21-41(22-27-43)37-85-65(83)73-54-34-55-58(50-19-12-11-18-49(50)54)42(35-67)36-75(55)57(77)32-25-40-23-28-44(84-6)29-24-40/h7-12,14-19,21-29,32,34,39,42,51-53,59H,13,20,30-31,33,35-38H2,1-6H3,(H,70,78)(H,71,79)(H,72,82)(H,73,83)(H,74,76)(H3,68,69,81)/b32-25+/t42?,52-,53-,59-/m0/s1. The summed E-state index contributed by atoms with van der Waals surface area (Å²) in [6.45, 7) is 8.73. The van der Waals surface area contributed by atoms with Gasteiger partial charge in [-0.25, -0.2) is 19.2 Å². The molecule has 0 fully saturated rings. The van der Waals surface area contributed by atoms with Gasteiger partial charge in [0.2, 0.25) is 17.7 Å². The largest absolute Gasteiger partial charge is 0.497 e. The van der Waals surface area contributed by atoms with Gasteiger partial charge in [-0.3, -0.25) is 24.5 Å². The van der Waals surface area contributed by atoms with Crippen LogP contribution in [0.4, 0.5) is 31.4 Å². The number of methoxy groups -OCH3 is 1. The number of urea groups is 1. The van der Waals surface area contributed by atoms with Crippen LogP contribution in [-0.2, 0) is 44.8 Å². The van der Waals surface area contributed by atoms with Crippen molar-refractivity contribution in [1.29, 1.82) is 0 Å². The molecule has 1 aliphatic heterocycles. The fourth-order valence-electron chi connectivity index (χ4n) is 10.6. The van der Waals surface area contributed by atoms with E-state index in [9.17, 15) is 38.4 Å². The van der Waals surface area contributed by atoms with Crippen molar-refractivity contribution in [1.82, 2.24) is 21.3 Å². The number of nitrogens with zero attached hydrogens (tertiary/aromatic N) is 1. The Bertz CT molecular complexity index is 3490. The fraction of sp³-hybridized carbons (Fsp3) is 0.333. The van der Waals surface area contributed by atoms with E-state index in [1.54, 1.807) is 83.0 Å². The molecular formula is C66H73ClN8O12. The number of nitrogens with one attached hydrogen (secondary N) is 6. The average Bonchev–Trinajstić information content (AvgIpc) is 1.73. The van der Waals surface area contributed by atoms with Crippen LogP contribution in [0.2, 0.25) is 0 Å². The highest BCUT2D eigenvalue weighted by Gasteiger charge is 2.36. The fourth-order valence-corrected chi connectivity index (χ4v) is 10.8. The highest BCUT2D eigenvalue weighted by atomic mass is 35.5. The van der Waals surface area contributed by atoms with Crippen LogP contribution < -0.4 is 47.3 Å². The number of benzene rings is 6. The maximum atomic E-state index is 14.0. The number of primary amides is 1. The van der Waals surface area contributed by atoms with E-state index in [0.717, 1.165) is 44.2 Å². The first-order valence-corrected chi connectivity index (χ1v) is 29.3. The topological polar surface area (TPSA) is 275 Å². The van der Waals surface area contributed by atoms with Gasteiger partial charge >= 0.3 is 24.2 Å². The van der Waals surface area contributed by atoms with E-state index < -0.39 is 71.6 Å². The zero-order valence-electron chi connectivity index (χ0n) is 49.4. The highest BCUT2D eigenvalue weighted by molar-refractivity contribution is 6.19. The van der Waals surface area contributed by atoms with E-state index in [2.05, 4.69) is 31.9 Å². The summed E-state index contributed by atoms with van der Waals surface area (Å²) in [5.74, 6) is -2.85. The van der Waals surface area contributed by atoms with Crippen LogP contribution >= 0.6 is 11.6 Å². The second kappa shape index (κ2) is 29.1. The van der Waals surface area contributed by atoms with Gasteiger partial charge in [-0.05, 0) is 127 Å². The minimum absolute atomic E-state index is 0.0102. The molecule has 21 heteroatoms. The van der Waals surface area contributed by atoms with E-state index in [-0.39, 0.29) is 69.1 Å². The normalized spacial score (nSPS) is 14.4. The number of alkyl halides is 1. The molecular weight excluding hydrogens is 1130 g/mol. The zero-order chi connectivity index (χ0) is 62.4. The lowest BCUT2D eigenvalue weighted by atomic mass is 9.95. The van der Waals surface area contributed by atoms with Crippen LogP contribution in [-0.4, -0.2) is 104 Å². The van der Waals surface area contributed by atoms with Gasteiger partial charge in [0, 0.05) is 54.4 Å². The van der Waals surface area contributed by atoms with Gasteiger partial charge in [-0.1, -0.05) is 111 Å². The van der Waals surface area contributed by atoms with Crippen LogP contribution in [0, 0.1) is 5.92 Å². The number of hydrogen-bond donors (Lipinski definition) is 7. The molecule has 8 rings (SSSR count). The number of halogens is 1. The van der Waals surface area contributed by atoms with Gasteiger partial charge in [0.15, 0.2) is 0 Å². The van der Waals surface area contributed by atoms with Gasteiger partial charge in [0.25, 0.3) is 5.91 Å². The molecule has 0 saturated heterocycles. The average molecular weight is 1210 g/mol. The summed E-state index contributed by atoms with van der Waals surface area (Å²) in [4.78, 5) is 109. The second-order valence-electron chi connectivity index (χ2n) is 22.6. The van der Waals surface area contributed by atoms with Gasteiger partial charge in [-0.2, -0.15) is 0 Å². The molecule has 8 N–H and O–H groups in total. The summed E-state index contributed by atoms with van der Waals surface area (Å²) in [6, 6.07) is 34.5. The number of rotatable bonds is 24. The van der Waals surface area contributed by atoms with Crippen molar-refractivity contribution in [3.8, 4) is 16.9 Å². The first-order chi connectivity index (χ1) is 41.7. The number of hydrogen-bond acceptors (Lipinski definition) is 12. The lowest BCUT2D eigenvalue weighted by Gasteiger charge is -2.26.